The summed E-state index contributed by atoms with van der Waals surface area (Å²) in [5.74, 6) is -0.236. The van der Waals surface area contributed by atoms with Crippen LogP contribution in [0.2, 0.25) is 5.15 Å². The van der Waals surface area contributed by atoms with Crippen molar-refractivity contribution in [2.45, 2.75) is 25.7 Å². The number of amides is 1. The van der Waals surface area contributed by atoms with Gasteiger partial charge in [0.1, 0.15) is 0 Å². The van der Waals surface area contributed by atoms with Crippen LogP contribution < -0.4 is 10.2 Å². The molecule has 29 heavy (non-hydrogen) atoms. The highest BCUT2D eigenvalue weighted by Crippen LogP contribution is 2.25. The highest BCUT2D eigenvalue weighted by Gasteiger charge is 2.10. The second-order valence-corrected chi connectivity index (χ2v) is 7.69. The first-order chi connectivity index (χ1) is 14.2. The fourth-order valence-corrected chi connectivity index (χ4v) is 3.84. The lowest BCUT2D eigenvalue weighted by atomic mass is 10.1. The van der Waals surface area contributed by atoms with Gasteiger partial charge in [0, 0.05) is 30.2 Å². The largest absolute Gasteiger partial charge is 0.372 e. The van der Waals surface area contributed by atoms with Crippen molar-refractivity contribution in [3.8, 4) is 0 Å². The molecule has 4 nitrogen and oxygen atoms in total. The summed E-state index contributed by atoms with van der Waals surface area (Å²) in [6.07, 6.45) is 8.49. The van der Waals surface area contributed by atoms with Gasteiger partial charge in [-0.15, -0.1) is 0 Å². The van der Waals surface area contributed by atoms with Crippen molar-refractivity contribution in [2.24, 2.45) is 0 Å². The van der Waals surface area contributed by atoms with Crippen molar-refractivity contribution in [1.82, 2.24) is 4.98 Å². The van der Waals surface area contributed by atoms with Gasteiger partial charge in [-0.25, -0.2) is 4.98 Å². The lowest BCUT2D eigenvalue weighted by Gasteiger charge is -2.22. The van der Waals surface area contributed by atoms with Gasteiger partial charge >= 0.3 is 0 Å². The van der Waals surface area contributed by atoms with Gasteiger partial charge in [0.15, 0.2) is 5.15 Å². The number of anilines is 2. The number of carbonyl (C=O) groups is 1. The molecule has 0 aliphatic carbocycles. The van der Waals surface area contributed by atoms with Gasteiger partial charge in [-0.2, -0.15) is 0 Å². The Morgan fingerprint density at radius 1 is 1.00 bits per heavy atom. The van der Waals surface area contributed by atoms with Gasteiger partial charge in [0.2, 0.25) is 5.91 Å². The molecule has 1 amide bonds. The van der Waals surface area contributed by atoms with E-state index in [1.807, 2.05) is 36.4 Å². The summed E-state index contributed by atoms with van der Waals surface area (Å²) in [6.45, 7) is 2.25. The van der Waals surface area contributed by atoms with Crippen LogP contribution in [0.5, 0.6) is 0 Å². The normalized spacial score (nSPS) is 14.9. The van der Waals surface area contributed by atoms with Gasteiger partial charge < -0.3 is 10.2 Å². The van der Waals surface area contributed by atoms with E-state index in [2.05, 4.69) is 39.5 Å². The fourth-order valence-electron chi connectivity index (χ4n) is 3.65. The first-order valence-corrected chi connectivity index (χ1v) is 10.5. The number of fused-ring (bicyclic) bond motifs is 1. The minimum Gasteiger partial charge on any atom is -0.372 e. The maximum atomic E-state index is 12.3. The van der Waals surface area contributed by atoms with Crippen LogP contribution in [0.1, 0.15) is 31.2 Å². The average Bonchev–Trinajstić information content (AvgIpc) is 3.03. The molecule has 2 aromatic carbocycles. The number of hydrogen-bond acceptors (Lipinski definition) is 3. The Labute approximate surface area is 176 Å². The lowest BCUT2D eigenvalue weighted by molar-refractivity contribution is -0.111. The number of benzene rings is 2. The molecule has 1 aliphatic heterocycles. The molecule has 5 heteroatoms. The van der Waals surface area contributed by atoms with E-state index >= 15 is 0 Å². The minimum absolute atomic E-state index is 0.236. The van der Waals surface area contributed by atoms with Crippen LogP contribution in [0.25, 0.3) is 17.0 Å². The summed E-state index contributed by atoms with van der Waals surface area (Å²) in [4.78, 5) is 19.1. The second kappa shape index (κ2) is 9.10. The van der Waals surface area contributed by atoms with Crippen LogP contribution in [0.4, 0.5) is 11.4 Å². The number of rotatable bonds is 4. The number of nitrogens with zero attached hydrogens (tertiary/aromatic N) is 2. The third-order valence-corrected chi connectivity index (χ3v) is 5.51. The predicted octanol–water partition coefficient (Wildman–Crippen LogP) is 5.92. The second-order valence-electron chi connectivity index (χ2n) is 7.33. The average molecular weight is 406 g/mol. The number of halogens is 1. The lowest BCUT2D eigenvalue weighted by Crippen LogP contribution is -2.23. The Kier molecular flexibility index (Phi) is 6.11. The standard InChI is InChI=1S/C24H24ClN3O/c25-24-22(17-19-7-3-4-8-21(19)27-24)26-23(29)14-11-18-9-12-20(13-10-18)28-15-5-1-2-6-16-28/h3-4,7-14,17H,1-2,5-6,15-16H2,(H,26,29)/b14-11+. The van der Waals surface area contributed by atoms with Crippen LogP contribution in [0.15, 0.2) is 60.7 Å². The van der Waals surface area contributed by atoms with E-state index in [4.69, 9.17) is 11.6 Å². The molecule has 3 aromatic rings. The molecule has 4 rings (SSSR count). The summed E-state index contributed by atoms with van der Waals surface area (Å²) in [7, 11) is 0. The van der Waals surface area contributed by atoms with Crippen LogP contribution in [-0.4, -0.2) is 24.0 Å². The van der Waals surface area contributed by atoms with E-state index in [1.165, 1.54) is 37.4 Å². The van der Waals surface area contributed by atoms with Gasteiger partial charge in [0.25, 0.3) is 0 Å². The smallest absolute Gasteiger partial charge is 0.248 e. The zero-order valence-electron chi connectivity index (χ0n) is 16.3. The molecule has 2 heterocycles. The number of hydrogen-bond donors (Lipinski definition) is 1. The number of carbonyl (C=O) groups excluding carboxylic acids is 1. The van der Waals surface area contributed by atoms with E-state index in [1.54, 1.807) is 0 Å². The van der Waals surface area contributed by atoms with Crippen LogP contribution in [-0.2, 0) is 4.79 Å². The molecular formula is C24H24ClN3O. The zero-order chi connectivity index (χ0) is 20.1. The van der Waals surface area contributed by atoms with Crippen molar-refractivity contribution < 1.29 is 4.79 Å². The first-order valence-electron chi connectivity index (χ1n) is 10.1. The fraction of sp³-hybridized carbons (Fsp3) is 0.250. The topological polar surface area (TPSA) is 45.2 Å². The predicted molar refractivity (Wildman–Crippen MR) is 122 cm³/mol. The Bertz CT molecular complexity index is 1020. The monoisotopic (exact) mass is 405 g/mol. The van der Waals surface area contributed by atoms with Gasteiger partial charge in [0.05, 0.1) is 11.2 Å². The molecule has 0 bridgehead atoms. The third kappa shape index (κ3) is 4.96. The van der Waals surface area contributed by atoms with E-state index < -0.39 is 0 Å². The summed E-state index contributed by atoms with van der Waals surface area (Å²) in [6, 6.07) is 17.9. The maximum absolute atomic E-state index is 12.3. The molecule has 1 aromatic heterocycles. The first kappa shape index (κ1) is 19.5. The minimum atomic E-state index is -0.236. The van der Waals surface area contributed by atoms with Crippen LogP contribution in [0, 0.1) is 0 Å². The highest BCUT2D eigenvalue weighted by molar-refractivity contribution is 6.33. The molecule has 1 N–H and O–H groups in total. The van der Waals surface area contributed by atoms with E-state index in [-0.39, 0.29) is 11.1 Å². The summed E-state index contributed by atoms with van der Waals surface area (Å²) in [5, 5.41) is 4.03. The van der Waals surface area contributed by atoms with Crippen LogP contribution >= 0.6 is 11.6 Å². The summed E-state index contributed by atoms with van der Waals surface area (Å²) >= 11 is 6.21. The molecule has 1 fully saturated rings. The van der Waals surface area contributed by atoms with Gasteiger partial charge in [-0.3, -0.25) is 4.79 Å². The Hall–Kier alpha value is -2.85. The maximum Gasteiger partial charge on any atom is 0.248 e. The van der Waals surface area contributed by atoms with Crippen molar-refractivity contribution in [2.75, 3.05) is 23.3 Å². The molecule has 148 valence electrons. The van der Waals surface area contributed by atoms with E-state index in [0.717, 1.165) is 29.6 Å². The molecule has 0 spiro atoms. The Balaban J connectivity index is 1.41. The van der Waals surface area contributed by atoms with Crippen molar-refractivity contribution in [3.05, 3.63) is 71.4 Å². The summed E-state index contributed by atoms with van der Waals surface area (Å²) < 4.78 is 0. The Morgan fingerprint density at radius 2 is 1.72 bits per heavy atom. The van der Waals surface area contributed by atoms with Gasteiger partial charge in [-0.1, -0.05) is 54.8 Å². The van der Waals surface area contributed by atoms with Crippen molar-refractivity contribution in [1.29, 1.82) is 0 Å². The summed E-state index contributed by atoms with van der Waals surface area (Å²) in [5.41, 5.74) is 3.55. The highest BCUT2D eigenvalue weighted by atomic mass is 35.5. The Morgan fingerprint density at radius 3 is 2.48 bits per heavy atom. The molecule has 0 atom stereocenters. The molecular weight excluding hydrogens is 382 g/mol. The molecule has 0 unspecified atom stereocenters. The van der Waals surface area contributed by atoms with Crippen molar-refractivity contribution in [3.63, 3.8) is 0 Å². The number of aromatic nitrogens is 1. The number of para-hydroxylation sites is 1. The molecule has 1 saturated heterocycles. The van der Waals surface area contributed by atoms with Gasteiger partial charge in [-0.05, 0) is 48.7 Å². The van der Waals surface area contributed by atoms with E-state index in [0.29, 0.717) is 5.69 Å². The SMILES string of the molecule is O=C(/C=C/c1ccc(N2CCCCCC2)cc1)Nc1cc2ccccc2nc1Cl. The van der Waals surface area contributed by atoms with E-state index in [9.17, 15) is 4.79 Å². The molecule has 1 aliphatic rings. The number of pyridine rings is 1. The molecule has 0 radical (unpaired) electrons. The third-order valence-electron chi connectivity index (χ3n) is 5.23. The number of nitrogens with one attached hydrogen (secondary N) is 1. The van der Waals surface area contributed by atoms with Crippen molar-refractivity contribution >= 4 is 45.9 Å². The molecule has 0 saturated carbocycles. The quantitative estimate of drug-likeness (QED) is 0.432. The van der Waals surface area contributed by atoms with Crippen LogP contribution in [0.3, 0.4) is 0 Å². The zero-order valence-corrected chi connectivity index (χ0v) is 17.0.